The van der Waals surface area contributed by atoms with Gasteiger partial charge in [0.15, 0.2) is 5.96 Å². The minimum Gasteiger partial charge on any atom is -0.370 e. The fraction of sp³-hybridized carbons (Fsp3) is 0.333. The quantitative estimate of drug-likeness (QED) is 0.657. The van der Waals surface area contributed by atoms with E-state index < -0.39 is 0 Å². The Labute approximate surface area is 118 Å². The number of guanidine groups is 1. The first kappa shape index (κ1) is 12.7. The van der Waals surface area contributed by atoms with E-state index in [1.54, 1.807) is 6.20 Å². The first-order chi connectivity index (χ1) is 9.81. The highest BCUT2D eigenvalue weighted by atomic mass is 15.3. The van der Waals surface area contributed by atoms with Gasteiger partial charge in [0.05, 0.1) is 13.1 Å². The van der Waals surface area contributed by atoms with E-state index in [9.17, 15) is 0 Å². The summed E-state index contributed by atoms with van der Waals surface area (Å²) in [5, 5.41) is 7.27. The van der Waals surface area contributed by atoms with Gasteiger partial charge in [0.25, 0.3) is 0 Å². The van der Waals surface area contributed by atoms with Crippen LogP contribution in [0.4, 0.5) is 5.69 Å². The molecule has 5 nitrogen and oxygen atoms in total. The lowest BCUT2D eigenvalue weighted by Crippen LogP contribution is -2.23. The van der Waals surface area contributed by atoms with Gasteiger partial charge in [-0.05, 0) is 48.6 Å². The van der Waals surface area contributed by atoms with Gasteiger partial charge in [-0.3, -0.25) is 9.67 Å². The van der Waals surface area contributed by atoms with Gasteiger partial charge in [0.1, 0.15) is 0 Å². The first-order valence-electron chi connectivity index (χ1n) is 6.97. The summed E-state index contributed by atoms with van der Waals surface area (Å²) in [4.78, 5) is 4.31. The third-order valence-corrected chi connectivity index (χ3v) is 3.54. The number of rotatable bonds is 4. The van der Waals surface area contributed by atoms with Gasteiger partial charge in [-0.25, -0.2) is 0 Å². The van der Waals surface area contributed by atoms with Crippen molar-refractivity contribution in [2.45, 2.75) is 25.8 Å². The Hall–Kier alpha value is -2.30. The van der Waals surface area contributed by atoms with E-state index in [0.29, 0.717) is 12.5 Å². The van der Waals surface area contributed by atoms with Gasteiger partial charge in [-0.1, -0.05) is 6.07 Å². The molecular weight excluding hydrogens is 250 g/mol. The van der Waals surface area contributed by atoms with Crippen LogP contribution in [0.1, 0.15) is 17.5 Å². The summed E-state index contributed by atoms with van der Waals surface area (Å²) in [5.41, 5.74) is 9.81. The SMILES string of the molecule is NC(=NCCn1cccn1)Nc1ccc2c(c1)CCC2. The molecule has 1 aliphatic rings. The molecule has 1 aromatic heterocycles. The highest BCUT2D eigenvalue weighted by Gasteiger charge is 2.10. The molecule has 1 heterocycles. The van der Waals surface area contributed by atoms with Crippen LogP contribution in [-0.2, 0) is 19.4 Å². The summed E-state index contributed by atoms with van der Waals surface area (Å²) in [7, 11) is 0. The van der Waals surface area contributed by atoms with E-state index in [2.05, 4.69) is 33.6 Å². The number of aliphatic imine (C=N–C) groups is 1. The molecule has 0 spiro atoms. The molecule has 5 heteroatoms. The molecular formula is C15H19N5. The van der Waals surface area contributed by atoms with Crippen molar-refractivity contribution >= 4 is 11.6 Å². The Morgan fingerprint density at radius 1 is 1.35 bits per heavy atom. The van der Waals surface area contributed by atoms with Crippen LogP contribution in [0.15, 0.2) is 41.7 Å². The zero-order valence-corrected chi connectivity index (χ0v) is 11.4. The predicted octanol–water partition coefficient (Wildman–Crippen LogP) is 1.80. The molecule has 1 aromatic carbocycles. The standard InChI is InChI=1S/C15H19N5/c16-15(17-8-10-20-9-2-7-18-20)19-14-6-5-12-3-1-4-13(12)11-14/h2,5-7,9,11H,1,3-4,8,10H2,(H3,16,17,19). The van der Waals surface area contributed by atoms with Crippen LogP contribution in [0.5, 0.6) is 0 Å². The Bertz CT molecular complexity index is 601. The lowest BCUT2D eigenvalue weighted by molar-refractivity contribution is 0.625. The molecule has 0 saturated heterocycles. The van der Waals surface area contributed by atoms with Crippen LogP contribution in [0.3, 0.4) is 0 Å². The van der Waals surface area contributed by atoms with Gasteiger partial charge < -0.3 is 11.1 Å². The normalized spacial score (nSPS) is 14.3. The molecule has 0 fully saturated rings. The molecule has 0 bridgehead atoms. The minimum atomic E-state index is 0.454. The van der Waals surface area contributed by atoms with Gasteiger partial charge in [-0.15, -0.1) is 0 Å². The average Bonchev–Trinajstić information content (AvgIpc) is 3.08. The number of benzene rings is 1. The van der Waals surface area contributed by atoms with Crippen LogP contribution in [-0.4, -0.2) is 22.3 Å². The molecule has 3 N–H and O–H groups in total. The predicted molar refractivity (Wildman–Crippen MR) is 80.8 cm³/mol. The molecule has 0 unspecified atom stereocenters. The molecule has 3 rings (SSSR count). The lowest BCUT2D eigenvalue weighted by Gasteiger charge is -2.08. The number of nitrogens with one attached hydrogen (secondary N) is 1. The zero-order chi connectivity index (χ0) is 13.8. The second kappa shape index (κ2) is 5.77. The highest BCUT2D eigenvalue weighted by molar-refractivity contribution is 5.92. The van der Waals surface area contributed by atoms with Crippen molar-refractivity contribution < 1.29 is 0 Å². The van der Waals surface area contributed by atoms with Crippen molar-refractivity contribution in [3.63, 3.8) is 0 Å². The average molecular weight is 269 g/mol. The Kier molecular flexibility index (Phi) is 3.67. The van der Waals surface area contributed by atoms with Crippen molar-refractivity contribution in [2.75, 3.05) is 11.9 Å². The fourth-order valence-corrected chi connectivity index (χ4v) is 2.54. The summed E-state index contributed by atoms with van der Waals surface area (Å²) in [6.07, 6.45) is 7.30. The maximum Gasteiger partial charge on any atom is 0.193 e. The van der Waals surface area contributed by atoms with Crippen molar-refractivity contribution in [1.82, 2.24) is 9.78 Å². The lowest BCUT2D eigenvalue weighted by atomic mass is 10.1. The monoisotopic (exact) mass is 269 g/mol. The molecule has 20 heavy (non-hydrogen) atoms. The van der Waals surface area contributed by atoms with Gasteiger partial charge in [0, 0.05) is 18.1 Å². The smallest absolute Gasteiger partial charge is 0.193 e. The third kappa shape index (κ3) is 2.99. The van der Waals surface area contributed by atoms with Crippen LogP contribution in [0, 0.1) is 0 Å². The summed E-state index contributed by atoms with van der Waals surface area (Å²) >= 11 is 0. The minimum absolute atomic E-state index is 0.454. The van der Waals surface area contributed by atoms with Gasteiger partial charge >= 0.3 is 0 Å². The number of hydrogen-bond donors (Lipinski definition) is 2. The van der Waals surface area contributed by atoms with Crippen LogP contribution >= 0.6 is 0 Å². The van der Waals surface area contributed by atoms with E-state index in [-0.39, 0.29) is 0 Å². The number of aryl methyl sites for hydroxylation is 2. The van der Waals surface area contributed by atoms with Gasteiger partial charge in [0.2, 0.25) is 0 Å². The zero-order valence-electron chi connectivity index (χ0n) is 11.4. The second-order valence-electron chi connectivity index (χ2n) is 5.00. The Balaban J connectivity index is 1.56. The Morgan fingerprint density at radius 2 is 2.25 bits per heavy atom. The molecule has 0 amide bonds. The van der Waals surface area contributed by atoms with Crippen molar-refractivity contribution in [3.8, 4) is 0 Å². The number of aromatic nitrogens is 2. The van der Waals surface area contributed by atoms with E-state index >= 15 is 0 Å². The van der Waals surface area contributed by atoms with Crippen LogP contribution in [0.25, 0.3) is 0 Å². The first-order valence-corrected chi connectivity index (χ1v) is 6.97. The molecule has 1 aliphatic carbocycles. The topological polar surface area (TPSA) is 68.2 Å². The number of hydrogen-bond acceptors (Lipinski definition) is 2. The van der Waals surface area contributed by atoms with Crippen molar-refractivity contribution in [1.29, 1.82) is 0 Å². The largest absolute Gasteiger partial charge is 0.370 e. The van der Waals surface area contributed by atoms with E-state index in [1.165, 1.54) is 30.4 Å². The van der Waals surface area contributed by atoms with E-state index in [1.807, 2.05) is 16.9 Å². The molecule has 0 radical (unpaired) electrons. The third-order valence-electron chi connectivity index (χ3n) is 3.54. The van der Waals surface area contributed by atoms with Crippen LogP contribution in [0.2, 0.25) is 0 Å². The van der Waals surface area contributed by atoms with E-state index in [0.717, 1.165) is 12.2 Å². The molecule has 104 valence electrons. The fourth-order valence-electron chi connectivity index (χ4n) is 2.54. The van der Waals surface area contributed by atoms with E-state index in [4.69, 9.17) is 5.73 Å². The molecule has 0 aliphatic heterocycles. The summed E-state index contributed by atoms with van der Waals surface area (Å²) in [5.74, 6) is 0.454. The summed E-state index contributed by atoms with van der Waals surface area (Å²) in [6.45, 7) is 1.35. The van der Waals surface area contributed by atoms with Crippen LogP contribution < -0.4 is 11.1 Å². The van der Waals surface area contributed by atoms with Crippen molar-refractivity contribution in [3.05, 3.63) is 47.8 Å². The number of fused-ring (bicyclic) bond motifs is 1. The Morgan fingerprint density at radius 3 is 3.10 bits per heavy atom. The summed E-state index contributed by atoms with van der Waals surface area (Å²) < 4.78 is 1.84. The second-order valence-corrected chi connectivity index (χ2v) is 5.00. The molecule has 0 atom stereocenters. The molecule has 0 saturated carbocycles. The number of nitrogens with two attached hydrogens (primary N) is 1. The maximum atomic E-state index is 5.90. The molecule has 2 aromatic rings. The summed E-state index contributed by atoms with van der Waals surface area (Å²) in [6, 6.07) is 8.33. The van der Waals surface area contributed by atoms with Crippen molar-refractivity contribution in [2.24, 2.45) is 10.7 Å². The number of nitrogens with zero attached hydrogens (tertiary/aromatic N) is 3. The van der Waals surface area contributed by atoms with Gasteiger partial charge in [-0.2, -0.15) is 5.10 Å². The number of anilines is 1. The highest BCUT2D eigenvalue weighted by Crippen LogP contribution is 2.24. The maximum absolute atomic E-state index is 5.90.